The van der Waals surface area contributed by atoms with Crippen LogP contribution >= 0.6 is 0 Å². The van der Waals surface area contributed by atoms with Gasteiger partial charge < -0.3 is 14.1 Å². The minimum atomic E-state index is -3.63. The Morgan fingerprint density at radius 2 is 1.71 bits per heavy atom. The fraction of sp³-hybridized carbons (Fsp3) is 0.360. The van der Waals surface area contributed by atoms with Crippen LogP contribution in [0.2, 0.25) is 0 Å². The Bertz CT molecular complexity index is 1330. The van der Waals surface area contributed by atoms with Gasteiger partial charge in [-0.2, -0.15) is 14.6 Å². The molecular formula is C25H26N4O4S. The molecule has 2 aliphatic rings. The Balaban J connectivity index is 1.38. The molecule has 0 unspecified atom stereocenters. The summed E-state index contributed by atoms with van der Waals surface area (Å²) in [5.41, 5.74) is 3.05. The number of oxazole rings is 1. The first-order chi connectivity index (χ1) is 16.3. The van der Waals surface area contributed by atoms with Gasteiger partial charge in [-0.1, -0.05) is 24.3 Å². The van der Waals surface area contributed by atoms with Crippen molar-refractivity contribution in [2.45, 2.75) is 43.9 Å². The molecule has 1 fully saturated rings. The van der Waals surface area contributed by atoms with Gasteiger partial charge in [-0.05, 0) is 55.7 Å². The summed E-state index contributed by atoms with van der Waals surface area (Å²) in [6.45, 7) is 5.98. The molecule has 1 saturated heterocycles. The first kappa shape index (κ1) is 22.6. The van der Waals surface area contributed by atoms with E-state index in [-0.39, 0.29) is 28.7 Å². The zero-order chi connectivity index (χ0) is 23.9. The summed E-state index contributed by atoms with van der Waals surface area (Å²) < 4.78 is 39.8. The molecule has 3 heterocycles. The third-order valence-corrected chi connectivity index (χ3v) is 8.12. The van der Waals surface area contributed by atoms with Gasteiger partial charge in [0.25, 0.3) is 0 Å². The molecule has 3 aromatic rings. The molecule has 34 heavy (non-hydrogen) atoms. The van der Waals surface area contributed by atoms with Gasteiger partial charge in [0.15, 0.2) is 0 Å². The van der Waals surface area contributed by atoms with Gasteiger partial charge >= 0.3 is 0 Å². The number of nitrogens with zero attached hydrogens (tertiary/aromatic N) is 4. The molecule has 176 valence electrons. The average Bonchev–Trinajstić information content (AvgIpc) is 3.28. The number of rotatable bonds is 4. The van der Waals surface area contributed by atoms with Crippen LogP contribution in [0.4, 0.5) is 5.88 Å². The maximum atomic E-state index is 13.2. The second-order valence-corrected chi connectivity index (χ2v) is 10.8. The second-order valence-electron chi connectivity index (χ2n) is 8.83. The van der Waals surface area contributed by atoms with E-state index >= 15 is 0 Å². The highest BCUT2D eigenvalue weighted by Crippen LogP contribution is 2.31. The first-order valence-corrected chi connectivity index (χ1v) is 12.8. The van der Waals surface area contributed by atoms with E-state index in [9.17, 15) is 13.7 Å². The molecule has 0 aliphatic carbocycles. The SMILES string of the molecule is C[C@@H]1CN(c2oc(-c3ccc(S(=O)(=O)N4CCc5ccccc5C4)cc3)nc2C#N)C[C@H](C)O1. The Kier molecular flexibility index (Phi) is 5.90. The fourth-order valence-electron chi connectivity index (χ4n) is 4.66. The number of hydrogen-bond acceptors (Lipinski definition) is 7. The lowest BCUT2D eigenvalue weighted by molar-refractivity contribution is -0.00638. The van der Waals surface area contributed by atoms with Crippen molar-refractivity contribution >= 4 is 15.9 Å². The van der Waals surface area contributed by atoms with Crippen LogP contribution in [-0.4, -0.2) is 49.5 Å². The quantitative estimate of drug-likeness (QED) is 0.565. The maximum absolute atomic E-state index is 13.2. The second kappa shape index (κ2) is 8.87. The minimum absolute atomic E-state index is 0.00934. The zero-order valence-electron chi connectivity index (χ0n) is 19.1. The molecular weight excluding hydrogens is 452 g/mol. The van der Waals surface area contributed by atoms with Gasteiger partial charge in [-0.3, -0.25) is 0 Å². The van der Waals surface area contributed by atoms with E-state index in [1.54, 1.807) is 24.3 Å². The van der Waals surface area contributed by atoms with Crippen LogP contribution in [0.1, 0.15) is 30.7 Å². The van der Waals surface area contributed by atoms with Gasteiger partial charge in [-0.15, -0.1) is 0 Å². The van der Waals surface area contributed by atoms with Crippen LogP contribution < -0.4 is 4.90 Å². The third kappa shape index (κ3) is 4.20. The number of sulfonamides is 1. The van der Waals surface area contributed by atoms with E-state index < -0.39 is 10.0 Å². The maximum Gasteiger partial charge on any atom is 0.243 e. The Morgan fingerprint density at radius 3 is 2.38 bits per heavy atom. The number of benzene rings is 2. The molecule has 2 aromatic carbocycles. The number of nitriles is 1. The first-order valence-electron chi connectivity index (χ1n) is 11.3. The smallest absolute Gasteiger partial charge is 0.243 e. The zero-order valence-corrected chi connectivity index (χ0v) is 20.0. The summed E-state index contributed by atoms with van der Waals surface area (Å²) in [6, 6.07) is 16.5. The Morgan fingerprint density at radius 1 is 1.03 bits per heavy atom. The highest BCUT2D eigenvalue weighted by molar-refractivity contribution is 7.89. The number of anilines is 1. The highest BCUT2D eigenvalue weighted by atomic mass is 32.2. The van der Waals surface area contributed by atoms with Crippen LogP contribution in [0.3, 0.4) is 0 Å². The van der Waals surface area contributed by atoms with E-state index in [0.29, 0.717) is 44.0 Å². The van der Waals surface area contributed by atoms with Crippen molar-refractivity contribution in [2.24, 2.45) is 0 Å². The van der Waals surface area contributed by atoms with E-state index in [0.717, 1.165) is 5.56 Å². The molecule has 0 amide bonds. The molecule has 0 saturated carbocycles. The van der Waals surface area contributed by atoms with Crippen LogP contribution in [-0.2, 0) is 27.7 Å². The van der Waals surface area contributed by atoms with Gasteiger partial charge in [0.1, 0.15) is 6.07 Å². The minimum Gasteiger partial charge on any atom is -0.419 e. The van der Waals surface area contributed by atoms with Gasteiger partial charge in [0.05, 0.1) is 17.1 Å². The Labute approximate surface area is 199 Å². The van der Waals surface area contributed by atoms with Crippen molar-refractivity contribution in [3.8, 4) is 17.5 Å². The molecule has 0 radical (unpaired) electrons. The van der Waals surface area contributed by atoms with E-state index in [2.05, 4.69) is 11.1 Å². The predicted molar refractivity (Wildman–Crippen MR) is 127 cm³/mol. The van der Waals surface area contributed by atoms with Crippen LogP contribution in [0.5, 0.6) is 0 Å². The lowest BCUT2D eigenvalue weighted by Gasteiger charge is -2.34. The van der Waals surface area contributed by atoms with Crippen LogP contribution in [0.15, 0.2) is 57.8 Å². The molecule has 9 heteroatoms. The summed E-state index contributed by atoms with van der Waals surface area (Å²) in [5.74, 6) is 0.706. The topological polar surface area (TPSA) is 99.7 Å². The van der Waals surface area contributed by atoms with E-state index in [1.807, 2.05) is 43.0 Å². The number of ether oxygens (including phenoxy) is 1. The Hall–Kier alpha value is -3.19. The monoisotopic (exact) mass is 478 g/mol. The van der Waals surface area contributed by atoms with Crippen molar-refractivity contribution in [3.63, 3.8) is 0 Å². The summed E-state index contributed by atoms with van der Waals surface area (Å²) >= 11 is 0. The summed E-state index contributed by atoms with van der Waals surface area (Å²) in [6.07, 6.45) is 0.715. The molecule has 2 aliphatic heterocycles. The van der Waals surface area contributed by atoms with Crippen LogP contribution in [0.25, 0.3) is 11.5 Å². The molecule has 2 atom stereocenters. The third-order valence-electron chi connectivity index (χ3n) is 6.26. The molecule has 0 bridgehead atoms. The number of aromatic nitrogens is 1. The normalized spacial score (nSPS) is 21.1. The largest absolute Gasteiger partial charge is 0.419 e. The summed E-state index contributed by atoms with van der Waals surface area (Å²) in [7, 11) is -3.63. The van der Waals surface area contributed by atoms with Crippen molar-refractivity contribution in [2.75, 3.05) is 24.5 Å². The molecule has 8 nitrogen and oxygen atoms in total. The molecule has 1 aromatic heterocycles. The lowest BCUT2D eigenvalue weighted by atomic mass is 10.0. The fourth-order valence-corrected chi connectivity index (χ4v) is 6.08. The number of morpholine rings is 1. The molecule has 5 rings (SSSR count). The summed E-state index contributed by atoms with van der Waals surface area (Å²) in [4.78, 5) is 6.55. The number of hydrogen-bond donors (Lipinski definition) is 0. The van der Waals surface area contributed by atoms with Crippen LogP contribution in [0, 0.1) is 11.3 Å². The van der Waals surface area contributed by atoms with Gasteiger partial charge in [-0.25, -0.2) is 8.42 Å². The standard InChI is InChI=1S/C25H26N4O4S/c1-17-14-28(15-18(2)32-17)25-23(13-26)27-24(33-25)20-7-9-22(10-8-20)34(30,31)29-12-11-19-5-3-4-6-21(19)16-29/h3-10,17-18H,11-12,14-16H2,1-2H3/t17-,18+. The van der Waals surface area contributed by atoms with Gasteiger partial charge in [0, 0.05) is 31.7 Å². The van der Waals surface area contributed by atoms with Crippen molar-refractivity contribution in [3.05, 3.63) is 65.4 Å². The van der Waals surface area contributed by atoms with Crippen molar-refractivity contribution in [1.29, 1.82) is 5.26 Å². The predicted octanol–water partition coefficient (Wildman–Crippen LogP) is 3.57. The summed E-state index contributed by atoms with van der Waals surface area (Å²) in [5, 5.41) is 9.59. The molecule has 0 spiro atoms. The molecule has 0 N–H and O–H groups in total. The van der Waals surface area contributed by atoms with E-state index in [4.69, 9.17) is 9.15 Å². The van der Waals surface area contributed by atoms with E-state index in [1.165, 1.54) is 9.87 Å². The van der Waals surface area contributed by atoms with Gasteiger partial charge in [0.2, 0.25) is 27.5 Å². The lowest BCUT2D eigenvalue weighted by Crippen LogP contribution is -2.45. The van der Waals surface area contributed by atoms with Crippen molar-refractivity contribution in [1.82, 2.24) is 9.29 Å². The highest BCUT2D eigenvalue weighted by Gasteiger charge is 2.30. The average molecular weight is 479 g/mol. The number of fused-ring (bicyclic) bond motifs is 1. The van der Waals surface area contributed by atoms with Crippen molar-refractivity contribution < 1.29 is 17.6 Å².